The van der Waals surface area contributed by atoms with Crippen molar-refractivity contribution >= 4 is 29.0 Å². The summed E-state index contributed by atoms with van der Waals surface area (Å²) in [6, 6.07) is 20.9. The topological polar surface area (TPSA) is 63.2 Å². The van der Waals surface area contributed by atoms with E-state index in [4.69, 9.17) is 16.3 Å². The molecule has 2 N–H and O–H groups in total. The molecule has 1 amide bonds. The van der Waals surface area contributed by atoms with Crippen molar-refractivity contribution in [3.8, 4) is 5.75 Å². The van der Waals surface area contributed by atoms with E-state index in [9.17, 15) is 4.79 Å². The van der Waals surface area contributed by atoms with Gasteiger partial charge in [0.15, 0.2) is 0 Å². The van der Waals surface area contributed by atoms with Crippen LogP contribution in [0.15, 0.2) is 72.9 Å². The highest BCUT2D eigenvalue weighted by Gasteiger charge is 2.04. The number of rotatable bonds is 9. The van der Waals surface area contributed by atoms with Crippen LogP contribution in [0.3, 0.4) is 0 Å². The maximum Gasteiger partial charge on any atom is 0.227 e. The van der Waals surface area contributed by atoms with Crippen LogP contribution in [0.25, 0.3) is 0 Å². The lowest BCUT2D eigenvalue weighted by Crippen LogP contribution is -2.15. The van der Waals surface area contributed by atoms with Gasteiger partial charge in [-0.2, -0.15) is 0 Å². The fourth-order valence-electron chi connectivity index (χ4n) is 2.56. The van der Waals surface area contributed by atoms with E-state index in [0.29, 0.717) is 12.3 Å². The van der Waals surface area contributed by atoms with Crippen molar-refractivity contribution < 1.29 is 9.53 Å². The molecule has 3 aromatic rings. The van der Waals surface area contributed by atoms with Crippen molar-refractivity contribution in [1.29, 1.82) is 0 Å². The van der Waals surface area contributed by atoms with Gasteiger partial charge in [0.2, 0.25) is 5.91 Å². The summed E-state index contributed by atoms with van der Waals surface area (Å²) in [6.45, 7) is 1.09. The molecule has 6 heteroatoms. The third-order valence-electron chi connectivity index (χ3n) is 4.02. The van der Waals surface area contributed by atoms with Crippen LogP contribution in [0.1, 0.15) is 12.0 Å². The van der Waals surface area contributed by atoms with E-state index in [1.165, 1.54) is 5.56 Å². The monoisotopic (exact) mass is 395 g/mol. The first kappa shape index (κ1) is 19.7. The molecule has 0 spiro atoms. The molecule has 5 nitrogen and oxygen atoms in total. The van der Waals surface area contributed by atoms with Crippen LogP contribution in [-0.2, 0) is 11.2 Å². The molecular formula is C22H22ClN3O2. The van der Waals surface area contributed by atoms with Gasteiger partial charge in [-0.3, -0.25) is 4.79 Å². The average molecular weight is 396 g/mol. The number of nitrogens with zero attached hydrogens (tertiary/aromatic N) is 1. The Morgan fingerprint density at radius 1 is 1.00 bits per heavy atom. The number of hydrogen-bond acceptors (Lipinski definition) is 4. The van der Waals surface area contributed by atoms with Gasteiger partial charge in [-0.05, 0) is 48.4 Å². The molecular weight excluding hydrogens is 374 g/mol. The standard InChI is InChI=1S/C22H22ClN3O2/c23-18-8-6-17(7-9-18)12-14-24-21-11-10-19(16-25-21)26-22(27)13-15-28-20-4-2-1-3-5-20/h1-11,16H,12-15H2,(H,24,25)(H,26,27). The number of nitrogens with one attached hydrogen (secondary N) is 2. The van der Waals surface area contributed by atoms with Crippen molar-refractivity contribution in [2.24, 2.45) is 0 Å². The van der Waals surface area contributed by atoms with Crippen molar-refractivity contribution in [1.82, 2.24) is 4.98 Å². The first-order valence-corrected chi connectivity index (χ1v) is 9.49. The number of carbonyl (C=O) groups excluding carboxylic acids is 1. The van der Waals surface area contributed by atoms with Gasteiger partial charge in [0.25, 0.3) is 0 Å². The van der Waals surface area contributed by atoms with E-state index in [1.807, 2.05) is 66.7 Å². The summed E-state index contributed by atoms with van der Waals surface area (Å²) < 4.78 is 5.53. The molecule has 0 fully saturated rings. The molecule has 0 saturated heterocycles. The van der Waals surface area contributed by atoms with E-state index in [1.54, 1.807) is 6.20 Å². The maximum atomic E-state index is 12.0. The van der Waals surface area contributed by atoms with Crippen LogP contribution >= 0.6 is 11.6 Å². The number of hydrogen-bond donors (Lipinski definition) is 2. The molecule has 0 radical (unpaired) electrons. The number of benzene rings is 2. The number of halogens is 1. The highest BCUT2D eigenvalue weighted by Crippen LogP contribution is 2.13. The molecule has 0 saturated carbocycles. The molecule has 0 aliphatic heterocycles. The fraction of sp³-hybridized carbons (Fsp3) is 0.182. The summed E-state index contributed by atoms with van der Waals surface area (Å²) in [5.74, 6) is 1.41. The minimum Gasteiger partial charge on any atom is -0.493 e. The Morgan fingerprint density at radius 2 is 1.79 bits per heavy atom. The van der Waals surface area contributed by atoms with Crippen LogP contribution in [0.2, 0.25) is 5.02 Å². The summed E-state index contributed by atoms with van der Waals surface area (Å²) >= 11 is 5.89. The zero-order chi connectivity index (χ0) is 19.6. The molecule has 0 unspecified atom stereocenters. The lowest BCUT2D eigenvalue weighted by molar-refractivity contribution is -0.116. The van der Waals surface area contributed by atoms with Crippen molar-refractivity contribution in [3.05, 3.63) is 83.5 Å². The highest BCUT2D eigenvalue weighted by atomic mass is 35.5. The average Bonchev–Trinajstić information content (AvgIpc) is 2.72. The van der Waals surface area contributed by atoms with Crippen LogP contribution in [0, 0.1) is 0 Å². The Kier molecular flexibility index (Phi) is 7.27. The number of para-hydroxylation sites is 1. The Balaban J connectivity index is 1.37. The van der Waals surface area contributed by atoms with Gasteiger partial charge in [0.05, 0.1) is 24.9 Å². The quantitative estimate of drug-likeness (QED) is 0.546. The van der Waals surface area contributed by atoms with Gasteiger partial charge in [-0.15, -0.1) is 0 Å². The predicted octanol–water partition coefficient (Wildman–Crippen LogP) is 4.80. The Morgan fingerprint density at radius 3 is 2.50 bits per heavy atom. The normalized spacial score (nSPS) is 10.3. The highest BCUT2D eigenvalue weighted by molar-refractivity contribution is 6.30. The molecule has 0 atom stereocenters. The predicted molar refractivity (Wildman–Crippen MR) is 113 cm³/mol. The number of anilines is 2. The summed E-state index contributed by atoms with van der Waals surface area (Å²) in [5, 5.41) is 6.82. The molecule has 28 heavy (non-hydrogen) atoms. The van der Waals surface area contributed by atoms with Gasteiger partial charge in [-0.1, -0.05) is 41.9 Å². The van der Waals surface area contributed by atoms with E-state index in [-0.39, 0.29) is 12.3 Å². The minimum absolute atomic E-state index is 0.110. The minimum atomic E-state index is -0.110. The first-order chi connectivity index (χ1) is 13.7. The number of pyridine rings is 1. The number of carbonyl (C=O) groups is 1. The molecule has 0 aliphatic rings. The lowest BCUT2D eigenvalue weighted by Gasteiger charge is -2.09. The fourth-order valence-corrected chi connectivity index (χ4v) is 2.69. The Bertz CT molecular complexity index is 869. The molecule has 144 valence electrons. The molecule has 1 heterocycles. The summed E-state index contributed by atoms with van der Waals surface area (Å²) in [7, 11) is 0. The second-order valence-electron chi connectivity index (χ2n) is 6.20. The van der Waals surface area contributed by atoms with Crippen molar-refractivity contribution in [2.45, 2.75) is 12.8 Å². The van der Waals surface area contributed by atoms with Gasteiger partial charge in [0, 0.05) is 11.6 Å². The van der Waals surface area contributed by atoms with Gasteiger partial charge in [-0.25, -0.2) is 4.98 Å². The summed E-state index contributed by atoms with van der Waals surface area (Å²) in [6.07, 6.45) is 2.79. The third-order valence-corrected chi connectivity index (χ3v) is 4.27. The van der Waals surface area contributed by atoms with Crippen LogP contribution in [0.4, 0.5) is 11.5 Å². The van der Waals surface area contributed by atoms with Gasteiger partial charge in [0.1, 0.15) is 11.6 Å². The van der Waals surface area contributed by atoms with E-state index in [2.05, 4.69) is 15.6 Å². The second kappa shape index (κ2) is 10.3. The Hall–Kier alpha value is -3.05. The number of ether oxygens (including phenoxy) is 1. The number of aromatic nitrogens is 1. The van der Waals surface area contributed by atoms with E-state index < -0.39 is 0 Å². The third kappa shape index (κ3) is 6.59. The molecule has 0 bridgehead atoms. The first-order valence-electron chi connectivity index (χ1n) is 9.11. The zero-order valence-electron chi connectivity index (χ0n) is 15.4. The summed E-state index contributed by atoms with van der Waals surface area (Å²) in [4.78, 5) is 16.3. The molecule has 2 aromatic carbocycles. The lowest BCUT2D eigenvalue weighted by atomic mass is 10.1. The smallest absolute Gasteiger partial charge is 0.227 e. The van der Waals surface area contributed by atoms with Gasteiger partial charge >= 0.3 is 0 Å². The maximum absolute atomic E-state index is 12.0. The Labute approximate surface area is 169 Å². The molecule has 0 aliphatic carbocycles. The second-order valence-corrected chi connectivity index (χ2v) is 6.63. The van der Waals surface area contributed by atoms with Crippen LogP contribution in [-0.4, -0.2) is 24.0 Å². The van der Waals surface area contributed by atoms with E-state index in [0.717, 1.165) is 29.6 Å². The van der Waals surface area contributed by atoms with Crippen LogP contribution < -0.4 is 15.4 Å². The van der Waals surface area contributed by atoms with Gasteiger partial charge < -0.3 is 15.4 Å². The SMILES string of the molecule is O=C(CCOc1ccccc1)Nc1ccc(NCCc2ccc(Cl)cc2)nc1. The summed E-state index contributed by atoms with van der Waals surface area (Å²) in [5.41, 5.74) is 1.87. The molecule has 3 rings (SSSR count). The van der Waals surface area contributed by atoms with Crippen molar-refractivity contribution in [3.63, 3.8) is 0 Å². The molecule has 1 aromatic heterocycles. The largest absolute Gasteiger partial charge is 0.493 e. The number of amides is 1. The van der Waals surface area contributed by atoms with Crippen LogP contribution in [0.5, 0.6) is 5.75 Å². The van der Waals surface area contributed by atoms with E-state index >= 15 is 0 Å². The van der Waals surface area contributed by atoms with Crippen molar-refractivity contribution in [2.75, 3.05) is 23.8 Å². The zero-order valence-corrected chi connectivity index (χ0v) is 16.2.